The maximum absolute atomic E-state index is 10.1. The Hall–Kier alpha value is -1.48. The number of fused-ring (bicyclic) bond motifs is 1. The largest absolute Gasteiger partial charge is 0.486 e. The molecule has 0 saturated carbocycles. The maximum Gasteiger partial charge on any atom is 0.167 e. The quantitative estimate of drug-likeness (QED) is 0.629. The van der Waals surface area contributed by atoms with E-state index in [4.69, 9.17) is 9.47 Å². The average molecular weight is 234 g/mol. The first-order valence-electron chi connectivity index (χ1n) is 6.00. The Morgan fingerprint density at radius 3 is 3.00 bits per heavy atom. The van der Waals surface area contributed by atoms with E-state index in [0.717, 1.165) is 24.2 Å². The van der Waals surface area contributed by atoms with Gasteiger partial charge in [0.05, 0.1) is 6.10 Å². The van der Waals surface area contributed by atoms with Crippen LogP contribution in [0, 0.1) is 0 Å². The molecule has 92 valence electrons. The number of hydrogen-bond acceptors (Lipinski definition) is 3. The van der Waals surface area contributed by atoms with Crippen molar-refractivity contribution in [1.82, 2.24) is 0 Å². The summed E-state index contributed by atoms with van der Waals surface area (Å²) in [7, 11) is 0. The topological polar surface area (TPSA) is 38.7 Å². The van der Waals surface area contributed by atoms with Gasteiger partial charge in [-0.2, -0.15) is 0 Å². The number of hydrogen-bond donors (Lipinski definition) is 1. The predicted octanol–water partition coefficient (Wildman–Crippen LogP) is 2.85. The van der Waals surface area contributed by atoms with Crippen LogP contribution in [0.15, 0.2) is 30.9 Å². The monoisotopic (exact) mass is 234 g/mol. The van der Waals surface area contributed by atoms with Gasteiger partial charge < -0.3 is 14.6 Å². The van der Waals surface area contributed by atoms with E-state index in [-0.39, 0.29) is 0 Å². The van der Waals surface area contributed by atoms with Crippen LogP contribution in [0.1, 0.15) is 30.9 Å². The molecule has 0 amide bonds. The maximum atomic E-state index is 10.1. The summed E-state index contributed by atoms with van der Waals surface area (Å²) in [6.45, 7) is 4.79. The van der Waals surface area contributed by atoms with Crippen molar-refractivity contribution in [2.24, 2.45) is 0 Å². The Morgan fingerprint density at radius 2 is 2.18 bits per heavy atom. The fourth-order valence-corrected chi connectivity index (χ4v) is 1.97. The molecule has 2 rings (SSSR count). The number of rotatable bonds is 5. The van der Waals surface area contributed by atoms with Gasteiger partial charge in [0.15, 0.2) is 11.5 Å². The van der Waals surface area contributed by atoms with Gasteiger partial charge in [-0.05, 0) is 25.3 Å². The van der Waals surface area contributed by atoms with E-state index in [9.17, 15) is 5.11 Å². The van der Waals surface area contributed by atoms with Crippen molar-refractivity contribution in [3.05, 3.63) is 36.4 Å². The van der Waals surface area contributed by atoms with Gasteiger partial charge in [-0.15, -0.1) is 6.58 Å². The standard InChI is InChI=1S/C14H18O3/c1-2-3-4-7-12(15)11-6-5-8-13-14(11)17-10-9-16-13/h2,5-6,8,12,15H,1,3-4,7,9-10H2. The van der Waals surface area contributed by atoms with Crippen LogP contribution in [0.4, 0.5) is 0 Å². The summed E-state index contributed by atoms with van der Waals surface area (Å²) in [5, 5.41) is 10.1. The number of allylic oxidation sites excluding steroid dienone is 1. The van der Waals surface area contributed by atoms with Crippen molar-refractivity contribution in [2.75, 3.05) is 13.2 Å². The van der Waals surface area contributed by atoms with E-state index in [1.807, 2.05) is 24.3 Å². The number of aliphatic hydroxyl groups excluding tert-OH is 1. The van der Waals surface area contributed by atoms with Gasteiger partial charge in [0.1, 0.15) is 13.2 Å². The molecule has 1 aromatic rings. The lowest BCUT2D eigenvalue weighted by Crippen LogP contribution is -2.17. The molecule has 0 saturated heterocycles. The van der Waals surface area contributed by atoms with Crippen molar-refractivity contribution in [3.8, 4) is 11.5 Å². The van der Waals surface area contributed by atoms with E-state index in [2.05, 4.69) is 6.58 Å². The first kappa shape index (κ1) is 12.0. The van der Waals surface area contributed by atoms with E-state index in [1.165, 1.54) is 0 Å². The molecular weight excluding hydrogens is 216 g/mol. The van der Waals surface area contributed by atoms with Crippen LogP contribution in [0.5, 0.6) is 11.5 Å². The first-order valence-corrected chi connectivity index (χ1v) is 6.00. The van der Waals surface area contributed by atoms with Crippen LogP contribution in [0.3, 0.4) is 0 Å². The van der Waals surface area contributed by atoms with Gasteiger partial charge in [-0.3, -0.25) is 0 Å². The first-order chi connectivity index (χ1) is 8.33. The normalized spacial score (nSPS) is 15.4. The van der Waals surface area contributed by atoms with Crippen molar-refractivity contribution in [2.45, 2.75) is 25.4 Å². The van der Waals surface area contributed by atoms with Gasteiger partial charge in [0.25, 0.3) is 0 Å². The summed E-state index contributed by atoms with van der Waals surface area (Å²) in [4.78, 5) is 0. The molecule has 1 unspecified atom stereocenters. The van der Waals surface area contributed by atoms with Gasteiger partial charge in [0, 0.05) is 5.56 Å². The minimum Gasteiger partial charge on any atom is -0.486 e. The van der Waals surface area contributed by atoms with Crippen LogP contribution in [0.25, 0.3) is 0 Å². The molecule has 0 bridgehead atoms. The molecule has 1 heterocycles. The van der Waals surface area contributed by atoms with Crippen LogP contribution in [-0.2, 0) is 0 Å². The van der Waals surface area contributed by atoms with E-state index < -0.39 is 6.10 Å². The number of ether oxygens (including phenoxy) is 2. The fraction of sp³-hybridized carbons (Fsp3) is 0.429. The highest BCUT2D eigenvalue weighted by molar-refractivity contribution is 5.48. The summed E-state index contributed by atoms with van der Waals surface area (Å²) in [6, 6.07) is 5.65. The van der Waals surface area contributed by atoms with Gasteiger partial charge in [-0.1, -0.05) is 18.2 Å². The number of unbranched alkanes of at least 4 members (excludes halogenated alkanes) is 1. The van der Waals surface area contributed by atoms with E-state index in [0.29, 0.717) is 25.4 Å². The summed E-state index contributed by atoms with van der Waals surface area (Å²) in [5.41, 5.74) is 0.825. The summed E-state index contributed by atoms with van der Waals surface area (Å²) in [6.07, 6.45) is 3.93. The molecule has 1 atom stereocenters. The highest BCUT2D eigenvalue weighted by atomic mass is 16.6. The summed E-state index contributed by atoms with van der Waals surface area (Å²) < 4.78 is 11.1. The van der Waals surface area contributed by atoms with Crippen molar-refractivity contribution in [3.63, 3.8) is 0 Å². The molecule has 3 heteroatoms. The summed E-state index contributed by atoms with van der Waals surface area (Å²) >= 11 is 0. The Balaban J connectivity index is 2.11. The van der Waals surface area contributed by atoms with Crippen LogP contribution < -0.4 is 9.47 Å². The molecule has 0 spiro atoms. The van der Waals surface area contributed by atoms with E-state index >= 15 is 0 Å². The molecule has 0 radical (unpaired) electrons. The third-order valence-corrected chi connectivity index (χ3v) is 2.84. The predicted molar refractivity (Wildman–Crippen MR) is 66.4 cm³/mol. The lowest BCUT2D eigenvalue weighted by atomic mass is 10.0. The van der Waals surface area contributed by atoms with Gasteiger partial charge >= 0.3 is 0 Å². The van der Waals surface area contributed by atoms with Crippen molar-refractivity contribution in [1.29, 1.82) is 0 Å². The minimum absolute atomic E-state index is 0.494. The third-order valence-electron chi connectivity index (χ3n) is 2.84. The zero-order valence-corrected chi connectivity index (χ0v) is 9.89. The summed E-state index contributed by atoms with van der Waals surface area (Å²) in [5.74, 6) is 1.43. The number of aliphatic hydroxyl groups is 1. The molecule has 3 nitrogen and oxygen atoms in total. The molecule has 1 aromatic carbocycles. The molecular formula is C14H18O3. The van der Waals surface area contributed by atoms with Crippen molar-refractivity contribution >= 4 is 0 Å². The van der Waals surface area contributed by atoms with Crippen LogP contribution in [0.2, 0.25) is 0 Å². The number of benzene rings is 1. The SMILES string of the molecule is C=CCCCC(O)c1cccc2c1OCCO2. The molecule has 1 aliphatic heterocycles. The highest BCUT2D eigenvalue weighted by Crippen LogP contribution is 2.38. The third kappa shape index (κ3) is 2.80. The Labute approximate surface area is 102 Å². The van der Waals surface area contributed by atoms with Crippen molar-refractivity contribution < 1.29 is 14.6 Å². The lowest BCUT2D eigenvalue weighted by Gasteiger charge is -2.23. The van der Waals surface area contributed by atoms with Gasteiger partial charge in [0.2, 0.25) is 0 Å². The molecule has 1 aliphatic rings. The minimum atomic E-state index is -0.494. The molecule has 0 fully saturated rings. The smallest absolute Gasteiger partial charge is 0.167 e. The molecule has 1 N–H and O–H groups in total. The van der Waals surface area contributed by atoms with Gasteiger partial charge in [-0.25, -0.2) is 0 Å². The lowest BCUT2D eigenvalue weighted by molar-refractivity contribution is 0.139. The highest BCUT2D eigenvalue weighted by Gasteiger charge is 2.19. The van der Waals surface area contributed by atoms with Crippen LogP contribution in [-0.4, -0.2) is 18.3 Å². The average Bonchev–Trinajstić information content (AvgIpc) is 2.38. The second kappa shape index (κ2) is 5.73. The fourth-order valence-electron chi connectivity index (χ4n) is 1.97. The Kier molecular flexibility index (Phi) is 4.04. The zero-order chi connectivity index (χ0) is 12.1. The molecule has 0 aliphatic carbocycles. The molecule has 17 heavy (non-hydrogen) atoms. The number of para-hydroxylation sites is 1. The second-order valence-electron chi connectivity index (χ2n) is 4.11. The zero-order valence-electron chi connectivity index (χ0n) is 9.89. The Bertz CT molecular complexity index is 387. The van der Waals surface area contributed by atoms with Crippen LogP contribution >= 0.6 is 0 Å². The molecule has 0 aromatic heterocycles. The second-order valence-corrected chi connectivity index (χ2v) is 4.11. The van der Waals surface area contributed by atoms with E-state index in [1.54, 1.807) is 0 Å². The Morgan fingerprint density at radius 1 is 1.35 bits per heavy atom.